The Morgan fingerprint density at radius 1 is 1.22 bits per heavy atom. The van der Waals surface area contributed by atoms with Gasteiger partial charge in [0.25, 0.3) is 0 Å². The van der Waals surface area contributed by atoms with E-state index >= 15 is 0 Å². The number of alkyl halides is 3. The van der Waals surface area contributed by atoms with Crippen molar-refractivity contribution in [1.82, 2.24) is 0 Å². The smallest absolute Gasteiger partial charge is 0.390 e. The zero-order chi connectivity index (χ0) is 13.9. The normalized spacial score (nSPS) is 15.5. The summed E-state index contributed by atoms with van der Waals surface area (Å²) in [6.07, 6.45) is -7.64. The fourth-order valence-electron chi connectivity index (χ4n) is 1.49. The van der Waals surface area contributed by atoms with Gasteiger partial charge in [-0.2, -0.15) is 13.2 Å². The number of benzene rings is 1. The first-order valence-electron chi connectivity index (χ1n) is 5.20. The summed E-state index contributed by atoms with van der Waals surface area (Å²) >= 11 is 0. The van der Waals surface area contributed by atoms with E-state index in [1.165, 1.54) is 0 Å². The van der Waals surface area contributed by atoms with E-state index in [9.17, 15) is 27.8 Å². The zero-order valence-electron chi connectivity index (χ0n) is 9.28. The molecule has 2 atom stereocenters. The molecule has 0 radical (unpaired) electrons. The van der Waals surface area contributed by atoms with Gasteiger partial charge in [0, 0.05) is 0 Å². The fourth-order valence-corrected chi connectivity index (χ4v) is 1.49. The first kappa shape index (κ1) is 14.9. The van der Waals surface area contributed by atoms with Crippen molar-refractivity contribution in [1.29, 1.82) is 0 Å². The van der Waals surface area contributed by atoms with Crippen molar-refractivity contribution in [3.8, 4) is 0 Å². The van der Waals surface area contributed by atoms with Gasteiger partial charge < -0.3 is 15.9 Å². The lowest BCUT2D eigenvalue weighted by molar-refractivity contribution is -0.140. The minimum Gasteiger partial charge on any atom is -0.390 e. The van der Waals surface area contributed by atoms with Crippen LogP contribution >= 0.6 is 0 Å². The molecule has 0 bridgehead atoms. The minimum atomic E-state index is -4.85. The van der Waals surface area contributed by atoms with Gasteiger partial charge in [-0.25, -0.2) is 4.39 Å². The van der Waals surface area contributed by atoms with E-state index in [0.29, 0.717) is 12.1 Å². The van der Waals surface area contributed by atoms with Crippen molar-refractivity contribution in [3.63, 3.8) is 0 Å². The van der Waals surface area contributed by atoms with Crippen LogP contribution in [0.2, 0.25) is 0 Å². The molecule has 18 heavy (non-hydrogen) atoms. The lowest BCUT2D eigenvalue weighted by Crippen LogP contribution is -2.22. The van der Waals surface area contributed by atoms with Crippen LogP contribution < -0.4 is 5.73 Å². The lowest BCUT2D eigenvalue weighted by atomic mass is 9.99. The van der Waals surface area contributed by atoms with Gasteiger partial charge in [-0.1, -0.05) is 6.07 Å². The van der Waals surface area contributed by atoms with Gasteiger partial charge in [0.05, 0.1) is 11.7 Å². The summed E-state index contributed by atoms with van der Waals surface area (Å²) in [5.74, 6) is -1.42. The van der Waals surface area contributed by atoms with Gasteiger partial charge in [-0.3, -0.25) is 0 Å². The van der Waals surface area contributed by atoms with Crippen LogP contribution in [0, 0.1) is 5.82 Å². The minimum absolute atomic E-state index is 0.0277. The molecule has 1 rings (SSSR count). The van der Waals surface area contributed by atoms with E-state index in [1.807, 2.05) is 0 Å². The molecule has 0 saturated heterocycles. The highest BCUT2D eigenvalue weighted by Crippen LogP contribution is 2.33. The van der Waals surface area contributed by atoms with Crippen LogP contribution in [-0.4, -0.2) is 22.9 Å². The summed E-state index contributed by atoms with van der Waals surface area (Å²) < 4.78 is 50.3. The highest BCUT2D eigenvalue weighted by Gasteiger charge is 2.35. The zero-order valence-corrected chi connectivity index (χ0v) is 9.28. The van der Waals surface area contributed by atoms with Crippen molar-refractivity contribution in [2.75, 3.05) is 6.54 Å². The van der Waals surface area contributed by atoms with E-state index in [1.54, 1.807) is 0 Å². The second-order valence-corrected chi connectivity index (χ2v) is 3.83. The summed E-state index contributed by atoms with van der Waals surface area (Å²) in [6.45, 7) is 0.0749. The van der Waals surface area contributed by atoms with Crippen LogP contribution in [-0.2, 0) is 6.18 Å². The molecule has 0 aliphatic carbocycles. The molecule has 1 aromatic carbocycles. The van der Waals surface area contributed by atoms with Gasteiger partial charge >= 0.3 is 6.18 Å². The molecule has 0 heterocycles. The van der Waals surface area contributed by atoms with E-state index in [0.717, 1.165) is 6.07 Å². The summed E-state index contributed by atoms with van der Waals surface area (Å²) in [6, 6.07) is 2.09. The Balaban J connectivity index is 3.05. The van der Waals surface area contributed by atoms with Crippen molar-refractivity contribution in [2.24, 2.45) is 5.73 Å². The third-order valence-corrected chi connectivity index (χ3v) is 2.46. The molecule has 0 saturated carbocycles. The molecule has 2 unspecified atom stereocenters. The quantitative estimate of drug-likeness (QED) is 0.726. The molecule has 0 spiro atoms. The number of aliphatic hydroxyl groups is 2. The Labute approximate surface area is 101 Å². The monoisotopic (exact) mass is 267 g/mol. The van der Waals surface area contributed by atoms with E-state index < -0.39 is 29.8 Å². The molecule has 0 aromatic heterocycles. The standard InChI is InChI=1S/C11H13F4NO2/c12-8-2-1-6(5-7(8)11(13,14)15)10(18)9(17)3-4-16/h1-2,5,9-10,17-18H,3-4,16H2. The van der Waals surface area contributed by atoms with Gasteiger partial charge in [-0.15, -0.1) is 0 Å². The Kier molecular flexibility index (Phi) is 4.66. The molecule has 0 amide bonds. The van der Waals surface area contributed by atoms with Crippen molar-refractivity contribution < 1.29 is 27.8 Å². The summed E-state index contributed by atoms with van der Waals surface area (Å²) in [5, 5.41) is 19.0. The van der Waals surface area contributed by atoms with Gasteiger partial charge in [-0.05, 0) is 30.7 Å². The Hall–Kier alpha value is -1.18. The lowest BCUT2D eigenvalue weighted by Gasteiger charge is -2.19. The van der Waals surface area contributed by atoms with Crippen LogP contribution in [0.4, 0.5) is 17.6 Å². The molecule has 7 heteroatoms. The number of aliphatic hydroxyl groups excluding tert-OH is 2. The number of halogens is 4. The molecular weight excluding hydrogens is 254 g/mol. The third-order valence-electron chi connectivity index (χ3n) is 2.46. The molecule has 0 aliphatic heterocycles. The predicted octanol–water partition coefficient (Wildman–Crippen LogP) is 1.59. The van der Waals surface area contributed by atoms with Crippen LogP contribution in [0.25, 0.3) is 0 Å². The second-order valence-electron chi connectivity index (χ2n) is 3.83. The molecule has 102 valence electrons. The number of hydrogen-bond donors (Lipinski definition) is 3. The van der Waals surface area contributed by atoms with Crippen LogP contribution in [0.5, 0.6) is 0 Å². The van der Waals surface area contributed by atoms with Crippen molar-refractivity contribution in [2.45, 2.75) is 24.8 Å². The Morgan fingerprint density at radius 2 is 1.83 bits per heavy atom. The molecule has 0 fully saturated rings. The summed E-state index contributed by atoms with van der Waals surface area (Å²) in [7, 11) is 0. The Morgan fingerprint density at radius 3 is 2.33 bits per heavy atom. The van der Waals surface area contributed by atoms with Crippen LogP contribution in [0.1, 0.15) is 23.7 Å². The first-order valence-corrected chi connectivity index (χ1v) is 5.20. The number of hydrogen-bond acceptors (Lipinski definition) is 3. The van der Waals surface area contributed by atoms with Gasteiger partial charge in [0.2, 0.25) is 0 Å². The summed E-state index contributed by atoms with van der Waals surface area (Å²) in [5.41, 5.74) is 3.48. The fraction of sp³-hybridized carbons (Fsp3) is 0.455. The maximum Gasteiger partial charge on any atom is 0.419 e. The van der Waals surface area contributed by atoms with E-state index in [2.05, 4.69) is 0 Å². The SMILES string of the molecule is NCCC(O)C(O)c1ccc(F)c(C(F)(F)F)c1. The maximum atomic E-state index is 13.0. The van der Waals surface area contributed by atoms with E-state index in [-0.39, 0.29) is 18.5 Å². The molecule has 0 aliphatic rings. The molecule has 1 aromatic rings. The second kappa shape index (κ2) is 5.64. The van der Waals surface area contributed by atoms with E-state index in [4.69, 9.17) is 5.73 Å². The Bertz CT molecular complexity index is 409. The third kappa shape index (κ3) is 3.41. The average Bonchev–Trinajstić information content (AvgIpc) is 2.27. The predicted molar refractivity (Wildman–Crippen MR) is 56.0 cm³/mol. The highest BCUT2D eigenvalue weighted by molar-refractivity contribution is 5.29. The molecular formula is C11H13F4NO2. The van der Waals surface area contributed by atoms with Crippen molar-refractivity contribution >= 4 is 0 Å². The largest absolute Gasteiger partial charge is 0.419 e. The average molecular weight is 267 g/mol. The first-order chi connectivity index (χ1) is 8.27. The van der Waals surface area contributed by atoms with Crippen molar-refractivity contribution in [3.05, 3.63) is 35.1 Å². The highest BCUT2D eigenvalue weighted by atomic mass is 19.4. The topological polar surface area (TPSA) is 66.5 Å². The number of nitrogens with two attached hydrogens (primary N) is 1. The molecule has 4 N–H and O–H groups in total. The van der Waals surface area contributed by atoms with Crippen LogP contribution in [0.15, 0.2) is 18.2 Å². The van der Waals surface area contributed by atoms with Gasteiger partial charge in [0.1, 0.15) is 11.9 Å². The summed E-state index contributed by atoms with van der Waals surface area (Å²) in [4.78, 5) is 0. The number of rotatable bonds is 4. The molecule has 3 nitrogen and oxygen atoms in total. The van der Waals surface area contributed by atoms with Crippen LogP contribution in [0.3, 0.4) is 0 Å². The maximum absolute atomic E-state index is 13.0. The van der Waals surface area contributed by atoms with Gasteiger partial charge in [0.15, 0.2) is 0 Å².